The fraction of sp³-hybridized carbons (Fsp3) is 0.130. The van der Waals surface area contributed by atoms with Crippen LogP contribution in [0.4, 0.5) is 4.39 Å². The number of hydrogen-bond donors (Lipinski definition) is 2. The van der Waals surface area contributed by atoms with Crippen LogP contribution in [0.2, 0.25) is 0 Å². The van der Waals surface area contributed by atoms with Gasteiger partial charge in [0.2, 0.25) is 0 Å². The van der Waals surface area contributed by atoms with Crippen LogP contribution in [0.5, 0.6) is 5.75 Å². The Morgan fingerprint density at radius 3 is 2.66 bits per heavy atom. The Morgan fingerprint density at radius 2 is 1.93 bits per heavy atom. The standard InChI is InChI=1S/C23H19FN2O3/c1-2-29-17-10-11-18-19(12-16-4-3-5-20(25-16)23(27)28)22(26-21(18)13-17)14-6-8-15(24)9-7-14/h3-11,13,26H,2,12H2,1H3,(H,27,28). The zero-order chi connectivity index (χ0) is 20.4. The largest absolute Gasteiger partial charge is 0.494 e. The molecule has 2 N–H and O–H groups in total. The molecule has 4 rings (SSSR count). The first-order valence-electron chi connectivity index (χ1n) is 9.27. The summed E-state index contributed by atoms with van der Waals surface area (Å²) in [7, 11) is 0. The number of nitrogens with one attached hydrogen (secondary N) is 1. The highest BCUT2D eigenvalue weighted by Gasteiger charge is 2.16. The van der Waals surface area contributed by atoms with Crippen molar-refractivity contribution < 1.29 is 19.0 Å². The fourth-order valence-corrected chi connectivity index (χ4v) is 3.42. The van der Waals surface area contributed by atoms with Gasteiger partial charge in [-0.05, 0) is 66.6 Å². The summed E-state index contributed by atoms with van der Waals surface area (Å²) in [6.07, 6.45) is 0.432. The first kappa shape index (κ1) is 18.7. The number of aromatic carboxylic acids is 1. The molecule has 2 aromatic heterocycles. The number of aromatic amines is 1. The fourth-order valence-electron chi connectivity index (χ4n) is 3.42. The van der Waals surface area contributed by atoms with E-state index in [4.69, 9.17) is 4.74 Å². The Hall–Kier alpha value is -3.67. The summed E-state index contributed by atoms with van der Waals surface area (Å²) in [5.41, 5.74) is 4.18. The third-order valence-electron chi connectivity index (χ3n) is 4.71. The number of hydrogen-bond acceptors (Lipinski definition) is 3. The minimum Gasteiger partial charge on any atom is -0.494 e. The monoisotopic (exact) mass is 390 g/mol. The third-order valence-corrected chi connectivity index (χ3v) is 4.71. The maximum absolute atomic E-state index is 13.4. The molecule has 146 valence electrons. The molecule has 2 aromatic carbocycles. The van der Waals surface area contributed by atoms with E-state index in [2.05, 4.69) is 9.97 Å². The number of halogens is 1. The first-order chi connectivity index (χ1) is 14.0. The lowest BCUT2D eigenvalue weighted by molar-refractivity contribution is 0.0690. The van der Waals surface area contributed by atoms with E-state index >= 15 is 0 Å². The molecule has 29 heavy (non-hydrogen) atoms. The van der Waals surface area contributed by atoms with E-state index < -0.39 is 5.97 Å². The number of ether oxygens (including phenoxy) is 1. The minimum atomic E-state index is -1.06. The Kier molecular flexibility index (Phi) is 4.99. The van der Waals surface area contributed by atoms with E-state index in [1.54, 1.807) is 24.3 Å². The van der Waals surface area contributed by atoms with Crippen molar-refractivity contribution in [2.75, 3.05) is 6.61 Å². The summed E-state index contributed by atoms with van der Waals surface area (Å²) in [6.45, 7) is 2.49. The molecule has 0 aliphatic heterocycles. The Bertz CT molecular complexity index is 1180. The molecule has 0 aliphatic rings. The normalized spacial score (nSPS) is 11.0. The van der Waals surface area contributed by atoms with Crippen molar-refractivity contribution in [1.82, 2.24) is 9.97 Å². The van der Waals surface area contributed by atoms with Crippen molar-refractivity contribution in [3.63, 3.8) is 0 Å². The van der Waals surface area contributed by atoms with Crippen LogP contribution >= 0.6 is 0 Å². The molecule has 0 fully saturated rings. The number of carboxylic acids is 1. The van der Waals surface area contributed by atoms with Gasteiger partial charge in [0.1, 0.15) is 17.3 Å². The summed E-state index contributed by atoms with van der Waals surface area (Å²) in [5.74, 6) is -0.615. The van der Waals surface area contributed by atoms with Gasteiger partial charge in [0.25, 0.3) is 0 Å². The molecule has 5 nitrogen and oxygen atoms in total. The van der Waals surface area contributed by atoms with Crippen molar-refractivity contribution in [1.29, 1.82) is 0 Å². The number of fused-ring (bicyclic) bond motifs is 1. The van der Waals surface area contributed by atoms with Crippen molar-refractivity contribution in [3.05, 3.63) is 83.4 Å². The molecule has 0 spiro atoms. The maximum Gasteiger partial charge on any atom is 0.354 e. The predicted octanol–water partition coefficient (Wildman–Crippen LogP) is 5.06. The predicted molar refractivity (Wildman–Crippen MR) is 109 cm³/mol. The van der Waals surface area contributed by atoms with Gasteiger partial charge >= 0.3 is 5.97 Å². The highest BCUT2D eigenvalue weighted by Crippen LogP contribution is 2.34. The second kappa shape index (κ2) is 7.75. The van der Waals surface area contributed by atoms with Crippen LogP contribution in [0.25, 0.3) is 22.2 Å². The molecule has 4 aromatic rings. The van der Waals surface area contributed by atoms with Gasteiger partial charge in [-0.1, -0.05) is 6.07 Å². The zero-order valence-electron chi connectivity index (χ0n) is 15.8. The topological polar surface area (TPSA) is 75.2 Å². The number of benzene rings is 2. The summed E-state index contributed by atoms with van der Waals surface area (Å²) >= 11 is 0. The molecule has 6 heteroatoms. The Labute approximate surface area is 166 Å². The molecule has 0 radical (unpaired) electrons. The molecule has 2 heterocycles. The number of carboxylic acid groups (broad SMARTS) is 1. The summed E-state index contributed by atoms with van der Waals surface area (Å²) in [5, 5.41) is 10.2. The molecule has 0 saturated carbocycles. The molecule has 0 amide bonds. The Morgan fingerprint density at radius 1 is 1.14 bits per heavy atom. The van der Waals surface area contributed by atoms with Gasteiger partial charge in [0.05, 0.1) is 12.3 Å². The van der Waals surface area contributed by atoms with Crippen molar-refractivity contribution in [3.8, 4) is 17.0 Å². The van der Waals surface area contributed by atoms with Crippen LogP contribution < -0.4 is 4.74 Å². The van der Waals surface area contributed by atoms with Crippen LogP contribution in [0.3, 0.4) is 0 Å². The maximum atomic E-state index is 13.4. The van der Waals surface area contributed by atoms with Crippen LogP contribution in [0, 0.1) is 5.82 Å². The lowest BCUT2D eigenvalue weighted by atomic mass is 10.0. The number of nitrogens with zero attached hydrogens (tertiary/aromatic N) is 1. The van der Waals surface area contributed by atoms with Crippen molar-refractivity contribution in [2.24, 2.45) is 0 Å². The van der Waals surface area contributed by atoms with E-state index in [1.807, 2.05) is 25.1 Å². The van der Waals surface area contributed by atoms with E-state index in [1.165, 1.54) is 18.2 Å². The summed E-state index contributed by atoms with van der Waals surface area (Å²) < 4.78 is 19.0. The van der Waals surface area contributed by atoms with Crippen LogP contribution in [0.15, 0.2) is 60.7 Å². The molecule has 0 bridgehead atoms. The summed E-state index contributed by atoms with van der Waals surface area (Å²) in [4.78, 5) is 18.9. The smallest absolute Gasteiger partial charge is 0.354 e. The highest BCUT2D eigenvalue weighted by atomic mass is 19.1. The number of pyridine rings is 1. The Balaban J connectivity index is 1.85. The quantitative estimate of drug-likeness (QED) is 0.483. The van der Waals surface area contributed by atoms with Gasteiger partial charge in [0.15, 0.2) is 0 Å². The molecule has 0 saturated heterocycles. The van der Waals surface area contributed by atoms with E-state index in [-0.39, 0.29) is 11.5 Å². The van der Waals surface area contributed by atoms with Crippen LogP contribution in [-0.4, -0.2) is 27.7 Å². The second-order valence-electron chi connectivity index (χ2n) is 6.62. The minimum absolute atomic E-state index is 0.00399. The average molecular weight is 390 g/mol. The molecule has 0 aliphatic carbocycles. The lowest BCUT2D eigenvalue weighted by Gasteiger charge is -2.07. The molecular weight excluding hydrogens is 371 g/mol. The lowest BCUT2D eigenvalue weighted by Crippen LogP contribution is -2.03. The van der Waals surface area contributed by atoms with Crippen LogP contribution in [-0.2, 0) is 6.42 Å². The zero-order valence-corrected chi connectivity index (χ0v) is 15.8. The van der Waals surface area contributed by atoms with Gasteiger partial charge in [-0.15, -0.1) is 0 Å². The van der Waals surface area contributed by atoms with E-state index in [9.17, 15) is 14.3 Å². The van der Waals surface area contributed by atoms with Crippen LogP contribution in [0.1, 0.15) is 28.7 Å². The van der Waals surface area contributed by atoms with Crippen molar-refractivity contribution in [2.45, 2.75) is 13.3 Å². The van der Waals surface area contributed by atoms with E-state index in [0.29, 0.717) is 18.7 Å². The third kappa shape index (κ3) is 3.82. The van der Waals surface area contributed by atoms with Gasteiger partial charge in [-0.2, -0.15) is 0 Å². The van der Waals surface area contributed by atoms with Gasteiger partial charge in [0, 0.05) is 29.1 Å². The number of rotatable bonds is 6. The average Bonchev–Trinajstić information content (AvgIpc) is 3.06. The summed E-state index contributed by atoms with van der Waals surface area (Å²) in [6, 6.07) is 17.0. The SMILES string of the molecule is CCOc1ccc2c(Cc3cccc(C(=O)O)n3)c(-c3ccc(F)cc3)[nH]c2c1. The molecule has 0 unspecified atom stereocenters. The number of aromatic nitrogens is 2. The highest BCUT2D eigenvalue weighted by molar-refractivity contribution is 5.92. The van der Waals surface area contributed by atoms with Gasteiger partial charge in [-0.25, -0.2) is 14.2 Å². The first-order valence-corrected chi connectivity index (χ1v) is 9.27. The van der Waals surface area contributed by atoms with E-state index in [0.717, 1.165) is 33.5 Å². The van der Waals surface area contributed by atoms with Gasteiger partial charge < -0.3 is 14.8 Å². The molecular formula is C23H19FN2O3. The number of H-pyrrole nitrogens is 1. The number of carbonyl (C=O) groups is 1. The second-order valence-corrected chi connectivity index (χ2v) is 6.62. The molecule has 0 atom stereocenters. The van der Waals surface area contributed by atoms with Crippen molar-refractivity contribution >= 4 is 16.9 Å². The van der Waals surface area contributed by atoms with Gasteiger partial charge in [-0.3, -0.25) is 0 Å².